The average molecular weight is 478 g/mol. The molecule has 1 N–H and O–H groups in total. The van der Waals surface area contributed by atoms with Gasteiger partial charge in [-0.2, -0.15) is 0 Å². The number of anilines is 1. The Bertz CT molecular complexity index is 1100. The molecule has 1 heterocycles. The molecule has 0 saturated carbocycles. The minimum absolute atomic E-state index is 0.0581. The molecule has 2 atom stereocenters. The summed E-state index contributed by atoms with van der Waals surface area (Å²) in [6, 6.07) is 11.4. The van der Waals surface area contributed by atoms with E-state index in [9.17, 15) is 5.11 Å². The molecule has 1 saturated heterocycles. The molecule has 0 spiro atoms. The fraction of sp³-hybridized carbons (Fsp3) is 0.467. The maximum absolute atomic E-state index is 15.9. The molecule has 186 valence electrons. The molecule has 2 aliphatic carbocycles. The van der Waals surface area contributed by atoms with Crippen LogP contribution in [0.15, 0.2) is 60.2 Å². The van der Waals surface area contributed by atoms with Crippen LogP contribution in [-0.4, -0.2) is 38.7 Å². The van der Waals surface area contributed by atoms with Crippen LogP contribution in [0.25, 0.3) is 0 Å². The Kier molecular flexibility index (Phi) is 7.26. The van der Waals surface area contributed by atoms with E-state index in [0.717, 1.165) is 74.0 Å². The Morgan fingerprint density at radius 2 is 1.74 bits per heavy atom. The second-order valence-electron chi connectivity index (χ2n) is 10.1. The van der Waals surface area contributed by atoms with Gasteiger partial charge >= 0.3 is 0 Å². The van der Waals surface area contributed by atoms with Crippen LogP contribution in [0.4, 0.5) is 10.1 Å². The molecule has 0 bridgehead atoms. The van der Waals surface area contributed by atoms with Gasteiger partial charge in [-0.05, 0) is 91.0 Å². The SMILES string of the molecule is COC(OC)C1CCN(c2ccc(C3c4ccc(O)cc4CCC3C3=CCCC=C3)c(F)c2)CC1. The molecule has 2 aromatic carbocycles. The first kappa shape index (κ1) is 24.1. The number of piperidine rings is 1. The molecular weight excluding hydrogens is 441 g/mol. The van der Waals surface area contributed by atoms with E-state index in [4.69, 9.17) is 9.47 Å². The van der Waals surface area contributed by atoms with Gasteiger partial charge in [0.1, 0.15) is 11.6 Å². The number of aryl methyl sites for hydroxylation is 1. The van der Waals surface area contributed by atoms with Crippen molar-refractivity contribution in [2.75, 3.05) is 32.2 Å². The summed E-state index contributed by atoms with van der Waals surface area (Å²) in [7, 11) is 3.37. The van der Waals surface area contributed by atoms with Crippen LogP contribution in [0.3, 0.4) is 0 Å². The minimum atomic E-state index is -0.179. The third-order valence-corrected chi connectivity index (χ3v) is 8.11. The van der Waals surface area contributed by atoms with Crippen molar-refractivity contribution in [1.29, 1.82) is 0 Å². The number of allylic oxidation sites excluding steroid dienone is 4. The predicted molar refractivity (Wildman–Crippen MR) is 137 cm³/mol. The van der Waals surface area contributed by atoms with E-state index in [-0.39, 0.29) is 29.7 Å². The number of nitrogens with zero attached hydrogens (tertiary/aromatic N) is 1. The molecule has 5 heteroatoms. The van der Waals surface area contributed by atoms with E-state index in [1.54, 1.807) is 26.4 Å². The van der Waals surface area contributed by atoms with Crippen LogP contribution >= 0.6 is 0 Å². The van der Waals surface area contributed by atoms with Crippen LogP contribution in [0.1, 0.15) is 54.7 Å². The van der Waals surface area contributed by atoms with E-state index < -0.39 is 0 Å². The summed E-state index contributed by atoms with van der Waals surface area (Å²) in [6.07, 6.45) is 12.5. The summed E-state index contributed by atoms with van der Waals surface area (Å²) in [5.74, 6) is 0.670. The molecule has 2 aromatic rings. The smallest absolute Gasteiger partial charge is 0.159 e. The Labute approximate surface area is 208 Å². The van der Waals surface area contributed by atoms with E-state index in [1.165, 1.54) is 5.57 Å². The molecule has 3 aliphatic rings. The van der Waals surface area contributed by atoms with Crippen LogP contribution in [0.5, 0.6) is 5.75 Å². The molecule has 0 radical (unpaired) electrons. The molecule has 2 unspecified atom stereocenters. The second kappa shape index (κ2) is 10.5. The first-order valence-electron chi connectivity index (χ1n) is 12.9. The van der Waals surface area contributed by atoms with Gasteiger partial charge in [-0.25, -0.2) is 4.39 Å². The topological polar surface area (TPSA) is 41.9 Å². The van der Waals surface area contributed by atoms with Crippen LogP contribution in [0, 0.1) is 17.7 Å². The molecule has 1 fully saturated rings. The zero-order valence-corrected chi connectivity index (χ0v) is 20.8. The van der Waals surface area contributed by atoms with Crippen LogP contribution in [0.2, 0.25) is 0 Å². The normalized spacial score (nSPS) is 22.9. The van der Waals surface area contributed by atoms with Gasteiger partial charge in [-0.15, -0.1) is 0 Å². The number of ether oxygens (including phenoxy) is 2. The summed E-state index contributed by atoms with van der Waals surface area (Å²) in [5, 5.41) is 10.1. The molecule has 5 rings (SSSR count). The Morgan fingerprint density at radius 3 is 2.43 bits per heavy atom. The lowest BCUT2D eigenvalue weighted by atomic mass is 9.68. The fourth-order valence-electron chi connectivity index (χ4n) is 6.33. The highest BCUT2D eigenvalue weighted by Crippen LogP contribution is 2.47. The number of hydrogen-bond acceptors (Lipinski definition) is 4. The number of benzene rings is 2. The number of phenolic OH excluding ortho intramolecular Hbond substituents is 1. The molecule has 35 heavy (non-hydrogen) atoms. The number of phenols is 1. The summed E-state index contributed by atoms with van der Waals surface area (Å²) in [6.45, 7) is 1.72. The minimum Gasteiger partial charge on any atom is -0.508 e. The van der Waals surface area contributed by atoms with Crippen molar-refractivity contribution in [1.82, 2.24) is 0 Å². The number of fused-ring (bicyclic) bond motifs is 1. The lowest BCUT2D eigenvalue weighted by Crippen LogP contribution is -2.39. The maximum Gasteiger partial charge on any atom is 0.159 e. The molecule has 0 aromatic heterocycles. The number of halogens is 1. The number of aromatic hydroxyl groups is 1. The van der Waals surface area contributed by atoms with Crippen molar-refractivity contribution < 1.29 is 19.0 Å². The number of rotatable bonds is 6. The van der Waals surface area contributed by atoms with Gasteiger partial charge < -0.3 is 19.5 Å². The average Bonchev–Trinajstić information content (AvgIpc) is 2.89. The predicted octanol–water partition coefficient (Wildman–Crippen LogP) is 6.34. The van der Waals surface area contributed by atoms with E-state index in [1.807, 2.05) is 18.2 Å². The summed E-state index contributed by atoms with van der Waals surface area (Å²) in [4.78, 5) is 2.27. The third kappa shape index (κ3) is 4.89. The van der Waals surface area contributed by atoms with Crippen molar-refractivity contribution in [3.63, 3.8) is 0 Å². The van der Waals surface area contributed by atoms with Crippen LogP contribution in [-0.2, 0) is 15.9 Å². The molecule has 4 nitrogen and oxygen atoms in total. The Balaban J connectivity index is 1.43. The van der Waals surface area contributed by atoms with E-state index in [0.29, 0.717) is 5.92 Å². The van der Waals surface area contributed by atoms with Gasteiger partial charge in [0, 0.05) is 44.8 Å². The zero-order chi connectivity index (χ0) is 24.4. The van der Waals surface area contributed by atoms with Crippen molar-refractivity contribution >= 4 is 5.69 Å². The summed E-state index contributed by atoms with van der Waals surface area (Å²) < 4.78 is 26.8. The highest BCUT2D eigenvalue weighted by molar-refractivity contribution is 5.53. The maximum atomic E-state index is 15.9. The molecular formula is C30H36FNO3. The molecule has 0 amide bonds. The lowest BCUT2D eigenvalue weighted by molar-refractivity contribution is -0.141. The first-order chi connectivity index (χ1) is 17.1. The standard InChI is InChI=1S/C30H36FNO3/c1-34-30(35-2)21-14-16-32(17-15-21)23-9-12-27(28(31)19-23)29-25(20-6-4-3-5-7-20)11-8-22-18-24(33)10-13-26(22)29/h4,6-7,9-10,12-13,18-19,21,25,29-30,33H,3,5,8,11,14-17H2,1-2H3. The second-order valence-corrected chi connectivity index (χ2v) is 10.1. The zero-order valence-electron chi connectivity index (χ0n) is 20.8. The number of methoxy groups -OCH3 is 2. The van der Waals surface area contributed by atoms with Gasteiger partial charge in [-0.1, -0.05) is 30.4 Å². The van der Waals surface area contributed by atoms with Gasteiger partial charge in [0.25, 0.3) is 0 Å². The summed E-state index contributed by atoms with van der Waals surface area (Å²) >= 11 is 0. The van der Waals surface area contributed by atoms with Crippen LogP contribution < -0.4 is 4.90 Å². The van der Waals surface area contributed by atoms with Crippen molar-refractivity contribution in [2.45, 2.75) is 50.7 Å². The fourth-order valence-corrected chi connectivity index (χ4v) is 6.33. The highest BCUT2D eigenvalue weighted by Gasteiger charge is 2.35. The highest BCUT2D eigenvalue weighted by atomic mass is 19.1. The Morgan fingerprint density at radius 1 is 0.971 bits per heavy atom. The number of hydrogen-bond donors (Lipinski definition) is 1. The first-order valence-corrected chi connectivity index (χ1v) is 12.9. The Hall–Kier alpha value is -2.63. The quantitative estimate of drug-likeness (QED) is 0.493. The lowest BCUT2D eigenvalue weighted by Gasteiger charge is -2.37. The van der Waals surface area contributed by atoms with Crippen molar-refractivity contribution in [3.8, 4) is 5.75 Å². The molecule has 1 aliphatic heterocycles. The monoisotopic (exact) mass is 477 g/mol. The largest absolute Gasteiger partial charge is 0.508 e. The van der Waals surface area contributed by atoms with Gasteiger partial charge in [0.05, 0.1) is 0 Å². The van der Waals surface area contributed by atoms with Gasteiger partial charge in [0.2, 0.25) is 0 Å². The summed E-state index contributed by atoms with van der Waals surface area (Å²) in [5.41, 5.74) is 5.26. The van der Waals surface area contributed by atoms with E-state index in [2.05, 4.69) is 29.2 Å². The van der Waals surface area contributed by atoms with Crippen molar-refractivity contribution in [3.05, 3.63) is 82.7 Å². The van der Waals surface area contributed by atoms with Gasteiger partial charge in [0.15, 0.2) is 6.29 Å². The van der Waals surface area contributed by atoms with Crippen molar-refractivity contribution in [2.24, 2.45) is 11.8 Å². The third-order valence-electron chi connectivity index (χ3n) is 8.11. The van der Waals surface area contributed by atoms with E-state index >= 15 is 4.39 Å². The van der Waals surface area contributed by atoms with Gasteiger partial charge in [-0.3, -0.25) is 0 Å².